The molecule has 0 saturated heterocycles. The summed E-state index contributed by atoms with van der Waals surface area (Å²) in [6, 6.07) is 7.83. The van der Waals surface area contributed by atoms with Gasteiger partial charge in [0.05, 0.1) is 16.4 Å². The quantitative estimate of drug-likeness (QED) is 0.721. The molecule has 104 valence electrons. The van der Waals surface area contributed by atoms with Gasteiger partial charge in [-0.3, -0.25) is 0 Å². The molecule has 0 saturated carbocycles. The molecule has 2 aromatic rings. The summed E-state index contributed by atoms with van der Waals surface area (Å²) in [5, 5.41) is 5.55. The van der Waals surface area contributed by atoms with Crippen LogP contribution in [0.2, 0.25) is 10.0 Å². The number of urea groups is 1. The zero-order valence-electron chi connectivity index (χ0n) is 10.1. The summed E-state index contributed by atoms with van der Waals surface area (Å²) in [6.07, 6.45) is 0. The van der Waals surface area contributed by atoms with Crippen molar-refractivity contribution in [1.29, 1.82) is 0 Å². The van der Waals surface area contributed by atoms with E-state index in [1.807, 2.05) is 0 Å². The third-order valence-electron chi connectivity index (χ3n) is 2.42. The molecule has 0 atom stereocenters. The van der Waals surface area contributed by atoms with E-state index in [1.54, 1.807) is 12.1 Å². The molecule has 20 heavy (non-hydrogen) atoms. The fourth-order valence-corrected chi connectivity index (χ4v) is 1.84. The van der Waals surface area contributed by atoms with Crippen molar-refractivity contribution in [2.45, 2.75) is 0 Å². The first-order chi connectivity index (χ1) is 9.45. The third-order valence-corrected chi connectivity index (χ3v) is 2.98. The van der Waals surface area contributed by atoms with Crippen molar-refractivity contribution in [2.24, 2.45) is 0 Å². The number of rotatable bonds is 2. The van der Waals surface area contributed by atoms with Gasteiger partial charge in [0.15, 0.2) is 0 Å². The molecule has 0 aliphatic heterocycles. The van der Waals surface area contributed by atoms with Gasteiger partial charge >= 0.3 is 6.03 Å². The molecule has 0 heterocycles. The Morgan fingerprint density at radius 1 is 1.05 bits per heavy atom. The Hall–Kier alpha value is -1.98. The summed E-state index contributed by atoms with van der Waals surface area (Å²) < 4.78 is 13.5. The molecular weight excluding hydrogens is 304 g/mol. The van der Waals surface area contributed by atoms with Gasteiger partial charge in [-0.05, 0) is 36.4 Å². The number of halogens is 3. The number of carbonyl (C=O) groups is 1. The molecule has 4 N–H and O–H groups in total. The van der Waals surface area contributed by atoms with Crippen LogP contribution < -0.4 is 16.4 Å². The lowest BCUT2D eigenvalue weighted by Gasteiger charge is -2.10. The Labute approximate surface area is 124 Å². The van der Waals surface area contributed by atoms with Crippen molar-refractivity contribution < 1.29 is 9.18 Å². The van der Waals surface area contributed by atoms with E-state index in [2.05, 4.69) is 10.6 Å². The van der Waals surface area contributed by atoms with Gasteiger partial charge in [-0.2, -0.15) is 0 Å². The van der Waals surface area contributed by atoms with Crippen molar-refractivity contribution in [3.8, 4) is 0 Å². The van der Waals surface area contributed by atoms with E-state index < -0.39 is 11.8 Å². The SMILES string of the molecule is Nc1ccc(F)c(NC(=O)Nc2cc(Cl)ccc2Cl)c1. The first-order valence-corrected chi connectivity index (χ1v) is 6.29. The van der Waals surface area contributed by atoms with Crippen molar-refractivity contribution in [2.75, 3.05) is 16.4 Å². The van der Waals surface area contributed by atoms with E-state index >= 15 is 0 Å². The molecule has 0 bridgehead atoms. The average Bonchev–Trinajstić information content (AvgIpc) is 2.38. The molecule has 0 fully saturated rings. The highest BCUT2D eigenvalue weighted by Gasteiger charge is 2.09. The summed E-state index contributed by atoms with van der Waals surface area (Å²) in [7, 11) is 0. The Morgan fingerprint density at radius 2 is 1.75 bits per heavy atom. The number of nitrogens with two attached hydrogens (primary N) is 1. The summed E-state index contributed by atoms with van der Waals surface area (Å²) in [6.45, 7) is 0. The molecule has 0 radical (unpaired) electrons. The van der Waals surface area contributed by atoms with Crippen molar-refractivity contribution in [3.05, 3.63) is 52.3 Å². The van der Waals surface area contributed by atoms with Crippen LogP contribution in [0.3, 0.4) is 0 Å². The first kappa shape index (κ1) is 14.4. The van der Waals surface area contributed by atoms with Crippen LogP contribution in [0.15, 0.2) is 36.4 Å². The maximum Gasteiger partial charge on any atom is 0.323 e. The van der Waals surface area contributed by atoms with Crippen LogP contribution >= 0.6 is 23.2 Å². The van der Waals surface area contributed by atoms with Gasteiger partial charge in [0.2, 0.25) is 0 Å². The Morgan fingerprint density at radius 3 is 2.50 bits per heavy atom. The number of benzene rings is 2. The average molecular weight is 314 g/mol. The van der Waals surface area contributed by atoms with Crippen LogP contribution in [0.1, 0.15) is 0 Å². The minimum atomic E-state index is -0.654. The highest BCUT2D eigenvalue weighted by atomic mass is 35.5. The monoisotopic (exact) mass is 313 g/mol. The topological polar surface area (TPSA) is 67.1 Å². The molecule has 0 aromatic heterocycles. The van der Waals surface area contributed by atoms with Crippen molar-refractivity contribution >= 4 is 46.3 Å². The summed E-state index contributed by atoms with van der Waals surface area (Å²) in [4.78, 5) is 11.8. The largest absolute Gasteiger partial charge is 0.399 e. The van der Waals surface area contributed by atoms with Crippen LogP contribution in [-0.2, 0) is 0 Å². The Balaban J connectivity index is 2.13. The molecule has 0 aliphatic rings. The van der Waals surface area contributed by atoms with E-state index in [0.717, 1.165) is 6.07 Å². The number of amides is 2. The first-order valence-electron chi connectivity index (χ1n) is 5.54. The van der Waals surface area contributed by atoms with E-state index in [-0.39, 0.29) is 5.69 Å². The zero-order chi connectivity index (χ0) is 14.7. The van der Waals surface area contributed by atoms with Gasteiger partial charge in [0, 0.05) is 10.7 Å². The van der Waals surface area contributed by atoms with Crippen molar-refractivity contribution in [1.82, 2.24) is 0 Å². The molecule has 2 aromatic carbocycles. The van der Waals surface area contributed by atoms with E-state index in [1.165, 1.54) is 18.2 Å². The van der Waals surface area contributed by atoms with Crippen molar-refractivity contribution in [3.63, 3.8) is 0 Å². The van der Waals surface area contributed by atoms with Crippen LogP contribution in [0.25, 0.3) is 0 Å². The fourth-order valence-electron chi connectivity index (χ4n) is 1.51. The van der Waals surface area contributed by atoms with Gasteiger partial charge in [0.25, 0.3) is 0 Å². The highest BCUT2D eigenvalue weighted by Crippen LogP contribution is 2.26. The minimum absolute atomic E-state index is 0.0272. The van der Waals surface area contributed by atoms with E-state index in [9.17, 15) is 9.18 Å². The summed E-state index contributed by atoms with van der Waals surface area (Å²) in [5.41, 5.74) is 6.15. The van der Waals surface area contributed by atoms with Crippen LogP contribution in [-0.4, -0.2) is 6.03 Å². The predicted octanol–water partition coefficient (Wildman–Crippen LogP) is 4.36. The standard InChI is InChI=1S/C13H10Cl2FN3O/c14-7-1-3-9(15)11(5-7)18-13(20)19-12-6-8(17)2-4-10(12)16/h1-6H,17H2,(H2,18,19,20). The molecule has 0 spiro atoms. The maximum atomic E-state index is 13.5. The smallest absolute Gasteiger partial charge is 0.323 e. The molecule has 0 unspecified atom stereocenters. The molecular formula is C13H10Cl2FN3O. The Bertz CT molecular complexity index is 609. The van der Waals surface area contributed by atoms with E-state index in [4.69, 9.17) is 28.9 Å². The molecule has 4 nitrogen and oxygen atoms in total. The molecule has 0 aliphatic carbocycles. The third kappa shape index (κ3) is 3.53. The fraction of sp³-hybridized carbons (Fsp3) is 0. The maximum absolute atomic E-state index is 13.5. The van der Waals surface area contributed by atoms with E-state index in [0.29, 0.717) is 21.4 Å². The summed E-state index contributed by atoms with van der Waals surface area (Å²) >= 11 is 11.7. The number of nitrogen functional groups attached to an aromatic ring is 1. The number of hydrogen-bond acceptors (Lipinski definition) is 2. The van der Waals surface area contributed by atoms with Gasteiger partial charge in [-0.25, -0.2) is 9.18 Å². The Kier molecular flexibility index (Phi) is 4.32. The minimum Gasteiger partial charge on any atom is -0.399 e. The number of anilines is 3. The zero-order valence-corrected chi connectivity index (χ0v) is 11.6. The van der Waals surface area contributed by atoms with Crippen LogP contribution in [0, 0.1) is 5.82 Å². The lowest BCUT2D eigenvalue weighted by molar-refractivity contribution is 0.262. The van der Waals surface area contributed by atoms with Gasteiger partial charge in [0.1, 0.15) is 5.82 Å². The lowest BCUT2D eigenvalue weighted by Crippen LogP contribution is -2.20. The highest BCUT2D eigenvalue weighted by molar-refractivity contribution is 6.35. The number of carbonyl (C=O) groups excluding carboxylic acids is 1. The predicted molar refractivity (Wildman–Crippen MR) is 79.9 cm³/mol. The molecule has 7 heteroatoms. The van der Waals surface area contributed by atoms with Crippen LogP contribution in [0.5, 0.6) is 0 Å². The lowest BCUT2D eigenvalue weighted by atomic mass is 10.2. The van der Waals surface area contributed by atoms with Gasteiger partial charge in [-0.15, -0.1) is 0 Å². The number of nitrogens with one attached hydrogen (secondary N) is 2. The number of hydrogen-bond donors (Lipinski definition) is 3. The molecule has 2 rings (SSSR count). The summed E-state index contributed by atoms with van der Waals surface area (Å²) in [5.74, 6) is -0.591. The van der Waals surface area contributed by atoms with Gasteiger partial charge < -0.3 is 16.4 Å². The second kappa shape index (κ2) is 5.98. The van der Waals surface area contributed by atoms with Crippen LogP contribution in [0.4, 0.5) is 26.2 Å². The molecule has 2 amide bonds. The van der Waals surface area contributed by atoms with Gasteiger partial charge in [-0.1, -0.05) is 23.2 Å². The normalized spacial score (nSPS) is 10.2. The second-order valence-corrected chi connectivity index (χ2v) is 4.79. The second-order valence-electron chi connectivity index (χ2n) is 3.94.